The van der Waals surface area contributed by atoms with Gasteiger partial charge < -0.3 is 10.1 Å². The van der Waals surface area contributed by atoms with E-state index in [0.717, 1.165) is 6.07 Å². The summed E-state index contributed by atoms with van der Waals surface area (Å²) in [5, 5.41) is 9.07. The zero-order valence-corrected chi connectivity index (χ0v) is 10.7. The first-order valence-corrected chi connectivity index (χ1v) is 6.19. The van der Waals surface area contributed by atoms with E-state index in [1.807, 2.05) is 0 Å². The van der Waals surface area contributed by atoms with E-state index in [0.29, 0.717) is 23.3 Å². The van der Waals surface area contributed by atoms with Crippen molar-refractivity contribution in [1.82, 2.24) is 9.97 Å². The molecule has 0 aliphatic rings. The molecular weight excluding hydrogens is 278 g/mol. The summed E-state index contributed by atoms with van der Waals surface area (Å²) in [6.45, 7) is 0. The number of aromatic amines is 1. The van der Waals surface area contributed by atoms with Gasteiger partial charge in [0.05, 0.1) is 11.1 Å². The fourth-order valence-corrected chi connectivity index (χ4v) is 2.22. The summed E-state index contributed by atoms with van der Waals surface area (Å²) in [5.41, 5.74) is 0.979. The number of benzene rings is 2. The second-order valence-corrected chi connectivity index (χ2v) is 4.64. The van der Waals surface area contributed by atoms with Gasteiger partial charge in [-0.2, -0.15) is 0 Å². The normalized spacial score (nSPS) is 11.0. The summed E-state index contributed by atoms with van der Waals surface area (Å²) in [4.78, 5) is 18.1. The van der Waals surface area contributed by atoms with Gasteiger partial charge in [-0.15, -0.1) is 0 Å². The van der Waals surface area contributed by atoms with Crippen molar-refractivity contribution in [2.45, 2.75) is 6.42 Å². The number of hydrogen-bond donors (Lipinski definition) is 2. The van der Waals surface area contributed by atoms with Crippen LogP contribution in [0.1, 0.15) is 21.7 Å². The van der Waals surface area contributed by atoms with E-state index in [9.17, 15) is 13.6 Å². The van der Waals surface area contributed by atoms with Gasteiger partial charge in [0.2, 0.25) is 0 Å². The molecular formula is C15H10F2N2O2. The van der Waals surface area contributed by atoms with Crippen molar-refractivity contribution in [3.8, 4) is 0 Å². The quantitative estimate of drug-likeness (QED) is 0.778. The van der Waals surface area contributed by atoms with Crippen LogP contribution in [0, 0.1) is 11.6 Å². The third-order valence-electron chi connectivity index (χ3n) is 3.09. The van der Waals surface area contributed by atoms with Crippen LogP contribution < -0.4 is 0 Å². The standard InChI is InChI=1S/C15H10F2N2O2/c16-9-3-1-2-8(4-9)5-13-18-12-7-10(17)6-11(15(20)21)14(12)19-13/h1-4,6-7H,5H2,(H,18,19)(H,20,21). The van der Waals surface area contributed by atoms with Crippen LogP contribution in [0.25, 0.3) is 11.0 Å². The van der Waals surface area contributed by atoms with E-state index >= 15 is 0 Å². The van der Waals surface area contributed by atoms with Crippen molar-refractivity contribution >= 4 is 17.0 Å². The van der Waals surface area contributed by atoms with E-state index < -0.39 is 11.8 Å². The minimum absolute atomic E-state index is 0.190. The first-order chi connectivity index (χ1) is 10.0. The molecule has 0 fully saturated rings. The predicted octanol–water partition coefficient (Wildman–Crippen LogP) is 3.13. The van der Waals surface area contributed by atoms with Crippen molar-refractivity contribution in [3.63, 3.8) is 0 Å². The van der Waals surface area contributed by atoms with Crippen molar-refractivity contribution in [3.05, 3.63) is 65.0 Å². The lowest BCUT2D eigenvalue weighted by Crippen LogP contribution is -1.98. The van der Waals surface area contributed by atoms with Crippen LogP contribution in [0.15, 0.2) is 36.4 Å². The van der Waals surface area contributed by atoms with Gasteiger partial charge in [0, 0.05) is 6.42 Å². The molecule has 0 atom stereocenters. The Kier molecular flexibility index (Phi) is 3.13. The Morgan fingerprint density at radius 3 is 2.71 bits per heavy atom. The number of aromatic carboxylic acids is 1. The van der Waals surface area contributed by atoms with Crippen LogP contribution in [-0.4, -0.2) is 21.0 Å². The number of hydrogen-bond acceptors (Lipinski definition) is 2. The van der Waals surface area contributed by atoms with Gasteiger partial charge in [0.1, 0.15) is 23.0 Å². The maximum Gasteiger partial charge on any atom is 0.338 e. The van der Waals surface area contributed by atoms with E-state index in [1.165, 1.54) is 18.2 Å². The average molecular weight is 288 g/mol. The predicted molar refractivity (Wildman–Crippen MR) is 72.2 cm³/mol. The molecule has 3 aromatic rings. The maximum absolute atomic E-state index is 13.4. The lowest BCUT2D eigenvalue weighted by atomic mass is 10.1. The molecule has 4 nitrogen and oxygen atoms in total. The topological polar surface area (TPSA) is 66.0 Å². The van der Waals surface area contributed by atoms with Crippen LogP contribution in [0.5, 0.6) is 0 Å². The van der Waals surface area contributed by atoms with Gasteiger partial charge in [0.25, 0.3) is 0 Å². The molecule has 0 aliphatic carbocycles. The van der Waals surface area contributed by atoms with Crippen molar-refractivity contribution in [2.24, 2.45) is 0 Å². The molecule has 0 spiro atoms. The maximum atomic E-state index is 13.4. The number of nitrogens with zero attached hydrogens (tertiary/aromatic N) is 1. The highest BCUT2D eigenvalue weighted by Gasteiger charge is 2.15. The molecule has 106 valence electrons. The minimum atomic E-state index is -1.25. The molecule has 1 heterocycles. The molecule has 2 N–H and O–H groups in total. The summed E-state index contributed by atoms with van der Waals surface area (Å²) >= 11 is 0. The Hall–Kier alpha value is -2.76. The number of aromatic nitrogens is 2. The first-order valence-electron chi connectivity index (χ1n) is 6.19. The Balaban J connectivity index is 2.05. The summed E-state index contributed by atoms with van der Waals surface area (Å²) in [7, 11) is 0. The molecule has 0 radical (unpaired) electrons. The van der Waals surface area contributed by atoms with Gasteiger partial charge in [0.15, 0.2) is 0 Å². The Morgan fingerprint density at radius 1 is 1.19 bits per heavy atom. The number of rotatable bonds is 3. The molecule has 0 saturated heterocycles. The molecule has 0 bridgehead atoms. The van der Waals surface area contributed by atoms with E-state index in [4.69, 9.17) is 5.11 Å². The number of carbonyl (C=O) groups is 1. The van der Waals surface area contributed by atoms with Crippen molar-refractivity contribution < 1.29 is 18.7 Å². The zero-order chi connectivity index (χ0) is 15.0. The molecule has 0 unspecified atom stereocenters. The molecule has 21 heavy (non-hydrogen) atoms. The number of H-pyrrole nitrogens is 1. The summed E-state index contributed by atoms with van der Waals surface area (Å²) in [5.74, 6) is -1.81. The van der Waals surface area contributed by atoms with Gasteiger partial charge in [-0.1, -0.05) is 12.1 Å². The van der Waals surface area contributed by atoms with Gasteiger partial charge in [-0.3, -0.25) is 0 Å². The Morgan fingerprint density at radius 2 is 2.00 bits per heavy atom. The van der Waals surface area contributed by atoms with Crippen LogP contribution in [0.2, 0.25) is 0 Å². The van der Waals surface area contributed by atoms with E-state index in [2.05, 4.69) is 9.97 Å². The van der Waals surface area contributed by atoms with E-state index in [-0.39, 0.29) is 16.9 Å². The second-order valence-electron chi connectivity index (χ2n) is 4.64. The van der Waals surface area contributed by atoms with Crippen molar-refractivity contribution in [2.75, 3.05) is 0 Å². The van der Waals surface area contributed by atoms with Crippen LogP contribution in [-0.2, 0) is 6.42 Å². The van der Waals surface area contributed by atoms with Gasteiger partial charge in [-0.05, 0) is 29.8 Å². The largest absolute Gasteiger partial charge is 0.478 e. The Labute approximate surface area is 118 Å². The molecule has 2 aromatic carbocycles. The summed E-state index contributed by atoms with van der Waals surface area (Å²) < 4.78 is 26.5. The third-order valence-corrected chi connectivity index (χ3v) is 3.09. The van der Waals surface area contributed by atoms with Crippen LogP contribution >= 0.6 is 0 Å². The highest BCUT2D eigenvalue weighted by molar-refractivity contribution is 6.00. The first kappa shape index (κ1) is 13.2. The van der Waals surface area contributed by atoms with Gasteiger partial charge in [-0.25, -0.2) is 18.6 Å². The van der Waals surface area contributed by atoms with Crippen molar-refractivity contribution in [1.29, 1.82) is 0 Å². The highest BCUT2D eigenvalue weighted by atomic mass is 19.1. The molecule has 0 amide bonds. The van der Waals surface area contributed by atoms with Crippen LogP contribution in [0.4, 0.5) is 8.78 Å². The molecule has 1 aromatic heterocycles. The molecule has 0 saturated carbocycles. The molecule has 6 heteroatoms. The number of fused-ring (bicyclic) bond motifs is 1. The van der Waals surface area contributed by atoms with Gasteiger partial charge >= 0.3 is 5.97 Å². The number of carboxylic acid groups (broad SMARTS) is 1. The number of nitrogens with one attached hydrogen (secondary N) is 1. The lowest BCUT2D eigenvalue weighted by molar-refractivity contribution is 0.0698. The smallest absolute Gasteiger partial charge is 0.338 e. The lowest BCUT2D eigenvalue weighted by Gasteiger charge is -1.97. The fraction of sp³-hybridized carbons (Fsp3) is 0.0667. The SMILES string of the molecule is O=C(O)c1cc(F)cc2[nH]c(Cc3cccc(F)c3)nc12. The molecule has 0 aliphatic heterocycles. The van der Waals surface area contributed by atoms with Crippen LogP contribution in [0.3, 0.4) is 0 Å². The monoisotopic (exact) mass is 288 g/mol. The fourth-order valence-electron chi connectivity index (χ4n) is 2.22. The third kappa shape index (κ3) is 2.60. The average Bonchev–Trinajstić information content (AvgIpc) is 2.79. The number of halogens is 2. The minimum Gasteiger partial charge on any atom is -0.478 e. The number of imidazole rings is 1. The second kappa shape index (κ2) is 4.97. The summed E-state index contributed by atoms with van der Waals surface area (Å²) in [6, 6.07) is 8.12. The highest BCUT2D eigenvalue weighted by Crippen LogP contribution is 2.20. The number of carboxylic acids is 1. The zero-order valence-electron chi connectivity index (χ0n) is 10.7. The molecule has 3 rings (SSSR count). The summed E-state index contributed by atoms with van der Waals surface area (Å²) in [6.07, 6.45) is 0.299. The Bertz CT molecular complexity index is 843. The van der Waals surface area contributed by atoms with E-state index in [1.54, 1.807) is 12.1 Å².